The minimum absolute atomic E-state index is 0. The van der Waals surface area contributed by atoms with Gasteiger partial charge in [-0.15, -0.1) is 12.4 Å². The Kier molecular flexibility index (Phi) is 3.49. The summed E-state index contributed by atoms with van der Waals surface area (Å²) in [7, 11) is 0. The van der Waals surface area contributed by atoms with Crippen molar-refractivity contribution < 1.29 is 4.79 Å². The smallest absolute Gasteiger partial charge is 0.236 e. The number of carbonyl (C=O) groups excluding carboxylic acids is 1. The lowest BCUT2D eigenvalue weighted by molar-refractivity contribution is -0.116. The van der Waals surface area contributed by atoms with E-state index in [4.69, 9.17) is 5.73 Å². The van der Waals surface area contributed by atoms with Gasteiger partial charge < -0.3 is 10.5 Å². The number of nitrogens with one attached hydrogen (secondary N) is 1. The summed E-state index contributed by atoms with van der Waals surface area (Å²) in [6, 6.07) is 0. The summed E-state index contributed by atoms with van der Waals surface area (Å²) in [5.74, 6) is -0.295. The Morgan fingerprint density at radius 3 is 2.67 bits per heavy atom. The van der Waals surface area contributed by atoms with Crippen LogP contribution >= 0.6 is 24.4 Å². The Bertz CT molecular complexity index is 139. The number of hydrogen-bond donors (Lipinski definition) is 2. The van der Waals surface area contributed by atoms with Crippen molar-refractivity contribution >= 4 is 30.3 Å². The molecule has 1 aliphatic rings. The second-order valence-electron chi connectivity index (χ2n) is 1.42. The number of nitrogens with two attached hydrogens (primary N) is 1. The first-order valence-corrected chi connectivity index (χ1v) is 3.06. The largest absolute Gasteiger partial charge is 0.368 e. The quantitative estimate of drug-likeness (QED) is 0.541. The third-order valence-electron chi connectivity index (χ3n) is 0.814. The van der Waals surface area contributed by atoms with Crippen LogP contribution in [0.2, 0.25) is 0 Å². The maximum atomic E-state index is 10.3. The van der Waals surface area contributed by atoms with Gasteiger partial charge in [0, 0.05) is 6.20 Å². The van der Waals surface area contributed by atoms with Crippen molar-refractivity contribution in [2.24, 2.45) is 5.73 Å². The van der Waals surface area contributed by atoms with Gasteiger partial charge in [0.15, 0.2) is 0 Å². The zero-order valence-corrected chi connectivity index (χ0v) is 6.17. The number of amides is 1. The van der Waals surface area contributed by atoms with E-state index in [2.05, 4.69) is 4.72 Å². The van der Waals surface area contributed by atoms with Crippen LogP contribution in [0.3, 0.4) is 0 Å². The molecule has 0 radical (unpaired) electrons. The number of rotatable bonds is 1. The fourth-order valence-corrected chi connectivity index (χ4v) is 1.01. The summed E-state index contributed by atoms with van der Waals surface area (Å²) >= 11 is 1.31. The molecule has 0 aromatic heterocycles. The summed E-state index contributed by atoms with van der Waals surface area (Å²) in [6.07, 6.45) is 3.44. The molecule has 1 unspecified atom stereocenters. The standard InChI is InChI=1S/C4H6N2OS.ClH/c5-4(7)3-1-2-6-8-3;/h1-3,6H,(H2,5,7);1H. The van der Waals surface area contributed by atoms with Crippen LogP contribution in [0.25, 0.3) is 0 Å². The average molecular weight is 167 g/mol. The highest BCUT2D eigenvalue weighted by molar-refractivity contribution is 7.99. The molecule has 1 aliphatic heterocycles. The van der Waals surface area contributed by atoms with Crippen molar-refractivity contribution in [3.05, 3.63) is 12.3 Å². The highest BCUT2D eigenvalue weighted by atomic mass is 35.5. The summed E-state index contributed by atoms with van der Waals surface area (Å²) < 4.78 is 2.79. The lowest BCUT2D eigenvalue weighted by Crippen LogP contribution is -2.22. The topological polar surface area (TPSA) is 55.1 Å². The fraction of sp³-hybridized carbons (Fsp3) is 0.250. The van der Waals surface area contributed by atoms with Crippen LogP contribution in [0.5, 0.6) is 0 Å². The van der Waals surface area contributed by atoms with Gasteiger partial charge in [0.05, 0.1) is 0 Å². The van der Waals surface area contributed by atoms with E-state index in [1.165, 1.54) is 11.9 Å². The summed E-state index contributed by atoms with van der Waals surface area (Å²) in [5.41, 5.74) is 4.95. The number of carbonyl (C=O) groups is 1. The van der Waals surface area contributed by atoms with Gasteiger partial charge in [-0.1, -0.05) is 0 Å². The van der Waals surface area contributed by atoms with E-state index in [1.807, 2.05) is 0 Å². The van der Waals surface area contributed by atoms with E-state index < -0.39 is 0 Å². The molecule has 3 nitrogen and oxygen atoms in total. The van der Waals surface area contributed by atoms with Crippen molar-refractivity contribution in [3.63, 3.8) is 0 Å². The molecule has 5 heteroatoms. The normalized spacial score (nSPS) is 22.4. The van der Waals surface area contributed by atoms with Crippen LogP contribution in [0.1, 0.15) is 0 Å². The molecule has 0 aromatic carbocycles. The van der Waals surface area contributed by atoms with Gasteiger partial charge in [0.1, 0.15) is 5.25 Å². The molecule has 0 bridgehead atoms. The molecule has 0 fully saturated rings. The SMILES string of the molecule is Cl.NC(=O)C1C=CNS1. The van der Waals surface area contributed by atoms with E-state index >= 15 is 0 Å². The van der Waals surface area contributed by atoms with Crippen LogP contribution in [0.4, 0.5) is 0 Å². The highest BCUT2D eigenvalue weighted by Crippen LogP contribution is 2.12. The highest BCUT2D eigenvalue weighted by Gasteiger charge is 2.14. The van der Waals surface area contributed by atoms with Gasteiger partial charge >= 0.3 is 0 Å². The first-order valence-electron chi connectivity index (χ1n) is 2.18. The Morgan fingerprint density at radius 1 is 1.78 bits per heavy atom. The van der Waals surface area contributed by atoms with Crippen molar-refractivity contribution in [2.45, 2.75) is 5.25 Å². The minimum Gasteiger partial charge on any atom is -0.368 e. The predicted molar refractivity (Wildman–Crippen MR) is 40.1 cm³/mol. The molecule has 3 N–H and O–H groups in total. The zero-order valence-electron chi connectivity index (χ0n) is 4.53. The average Bonchev–Trinajstić information content (AvgIpc) is 2.12. The third-order valence-corrected chi connectivity index (χ3v) is 1.73. The molecule has 0 saturated heterocycles. The summed E-state index contributed by atoms with van der Waals surface area (Å²) in [4.78, 5) is 10.3. The van der Waals surface area contributed by atoms with Gasteiger partial charge in [-0.25, -0.2) is 0 Å². The molecule has 1 heterocycles. The predicted octanol–water partition coefficient (Wildman–Crippen LogP) is 0.0272. The third kappa shape index (κ3) is 2.15. The van der Waals surface area contributed by atoms with Crippen molar-refractivity contribution in [1.29, 1.82) is 0 Å². The van der Waals surface area contributed by atoms with E-state index in [-0.39, 0.29) is 23.6 Å². The van der Waals surface area contributed by atoms with Crippen LogP contribution in [0, 0.1) is 0 Å². The van der Waals surface area contributed by atoms with E-state index in [0.717, 1.165) is 0 Å². The van der Waals surface area contributed by atoms with Crippen molar-refractivity contribution in [2.75, 3.05) is 0 Å². The number of halogens is 1. The Hall–Kier alpha value is -0.350. The first-order chi connectivity index (χ1) is 3.80. The van der Waals surface area contributed by atoms with E-state index in [0.29, 0.717) is 0 Å². The molecule has 1 rings (SSSR count). The van der Waals surface area contributed by atoms with Crippen LogP contribution in [-0.2, 0) is 4.79 Å². The summed E-state index contributed by atoms with van der Waals surface area (Å²) in [5, 5.41) is -0.171. The maximum absolute atomic E-state index is 10.3. The van der Waals surface area contributed by atoms with Crippen molar-refractivity contribution in [3.8, 4) is 0 Å². The van der Waals surface area contributed by atoms with Crippen LogP contribution in [0.15, 0.2) is 12.3 Å². The van der Waals surface area contributed by atoms with Crippen LogP contribution < -0.4 is 10.5 Å². The van der Waals surface area contributed by atoms with Crippen molar-refractivity contribution in [1.82, 2.24) is 4.72 Å². The molecule has 9 heavy (non-hydrogen) atoms. The lowest BCUT2D eigenvalue weighted by Gasteiger charge is -1.96. The second-order valence-corrected chi connectivity index (χ2v) is 2.40. The van der Waals surface area contributed by atoms with Gasteiger partial charge in [-0.2, -0.15) is 0 Å². The maximum Gasteiger partial charge on any atom is 0.236 e. The van der Waals surface area contributed by atoms with Gasteiger partial charge in [0.2, 0.25) is 5.91 Å². The second kappa shape index (κ2) is 3.63. The summed E-state index contributed by atoms with van der Waals surface area (Å²) in [6.45, 7) is 0. The Labute approximate surface area is 63.6 Å². The molecule has 1 atom stereocenters. The zero-order chi connectivity index (χ0) is 5.98. The molecule has 0 aliphatic carbocycles. The van der Waals surface area contributed by atoms with E-state index in [9.17, 15) is 4.79 Å². The Morgan fingerprint density at radius 2 is 2.44 bits per heavy atom. The van der Waals surface area contributed by atoms with Gasteiger partial charge in [-0.05, 0) is 18.0 Å². The number of primary amides is 1. The fourth-order valence-electron chi connectivity index (χ4n) is 0.431. The Balaban J connectivity index is 0.000000640. The van der Waals surface area contributed by atoms with Crippen LogP contribution in [-0.4, -0.2) is 11.2 Å². The molecule has 0 aromatic rings. The molecule has 0 spiro atoms. The monoisotopic (exact) mass is 166 g/mol. The molecular weight excluding hydrogens is 160 g/mol. The number of hydrogen-bond acceptors (Lipinski definition) is 3. The van der Waals surface area contributed by atoms with Gasteiger partial charge in [0.25, 0.3) is 0 Å². The van der Waals surface area contributed by atoms with E-state index in [1.54, 1.807) is 12.3 Å². The molecule has 0 saturated carbocycles. The molecular formula is C4H7ClN2OS. The van der Waals surface area contributed by atoms with Gasteiger partial charge in [-0.3, -0.25) is 4.79 Å². The first kappa shape index (κ1) is 8.65. The minimum atomic E-state index is -0.295. The lowest BCUT2D eigenvalue weighted by atomic mass is 10.4. The molecule has 52 valence electrons. The molecule has 1 amide bonds.